The molecule has 41 heavy (non-hydrogen) atoms. The van der Waals surface area contributed by atoms with Gasteiger partial charge in [-0.1, -0.05) is 36.4 Å². The van der Waals surface area contributed by atoms with E-state index in [0.29, 0.717) is 28.8 Å². The zero-order chi connectivity index (χ0) is 29.8. The van der Waals surface area contributed by atoms with Crippen LogP contribution in [0.15, 0.2) is 66.7 Å². The van der Waals surface area contributed by atoms with Crippen LogP contribution in [0, 0.1) is 0 Å². The number of alkyl halides is 8. The number of fused-ring (bicyclic) bond motifs is 1. The lowest BCUT2D eigenvalue weighted by Crippen LogP contribution is -2.41. The van der Waals surface area contributed by atoms with Gasteiger partial charge in [0, 0.05) is 11.5 Å². The number of H-pyrrole nitrogens is 1. The maximum atomic E-state index is 13.1. The van der Waals surface area contributed by atoms with Crippen LogP contribution in [0.2, 0.25) is 0 Å². The second-order valence-electron chi connectivity index (χ2n) is 9.46. The Labute approximate surface area is 227 Å². The van der Waals surface area contributed by atoms with Gasteiger partial charge in [0.15, 0.2) is 6.61 Å². The van der Waals surface area contributed by atoms with Crippen molar-refractivity contribution in [1.29, 1.82) is 0 Å². The fourth-order valence-electron chi connectivity index (χ4n) is 4.33. The van der Waals surface area contributed by atoms with E-state index in [9.17, 15) is 43.5 Å². The van der Waals surface area contributed by atoms with Crippen LogP contribution in [0.5, 0.6) is 5.75 Å². The minimum atomic E-state index is -5.71. The predicted octanol–water partition coefficient (Wildman–Crippen LogP) is 7.34. The maximum Gasteiger partial charge on any atom is 0.516 e. The lowest BCUT2D eigenvalue weighted by molar-refractivity contribution is -0.290. The summed E-state index contributed by atoms with van der Waals surface area (Å²) < 4.78 is 131. The number of aromatic amines is 1. The molecule has 2 atom stereocenters. The monoisotopic (exact) mass is 605 g/mol. The molecular formula is C26H19F8N3O3S. The molecule has 0 radical (unpaired) electrons. The van der Waals surface area contributed by atoms with Crippen LogP contribution in [0.1, 0.15) is 29.6 Å². The fraction of sp³-hybridized carbons (Fsp3) is 0.269. The van der Waals surface area contributed by atoms with E-state index in [4.69, 9.17) is 0 Å². The van der Waals surface area contributed by atoms with Crippen molar-refractivity contribution in [2.24, 2.45) is 0 Å². The molecule has 218 valence electrons. The summed E-state index contributed by atoms with van der Waals surface area (Å²) in [5.74, 6) is -4.54. The Bertz CT molecular complexity index is 1680. The third-order valence-electron chi connectivity index (χ3n) is 6.57. The van der Waals surface area contributed by atoms with Gasteiger partial charge in [-0.05, 0) is 53.8 Å². The number of hydrogen-bond donors (Lipinski definition) is 2. The molecule has 15 heteroatoms. The molecule has 1 aliphatic carbocycles. The third-order valence-corrected chi connectivity index (χ3v) is 7.67. The number of anilines is 1. The van der Waals surface area contributed by atoms with Gasteiger partial charge in [0.1, 0.15) is 11.6 Å². The molecule has 0 bridgehead atoms. The van der Waals surface area contributed by atoms with E-state index in [2.05, 4.69) is 14.7 Å². The molecule has 5 rings (SSSR count). The Kier molecular flexibility index (Phi) is 6.91. The quantitative estimate of drug-likeness (QED) is 0.206. The number of ether oxygens (including phenoxy) is 1. The molecule has 1 aromatic heterocycles. The van der Waals surface area contributed by atoms with Gasteiger partial charge in [-0.2, -0.15) is 43.5 Å². The number of rotatable bonds is 8. The van der Waals surface area contributed by atoms with Crippen molar-refractivity contribution in [3.05, 3.63) is 78.1 Å². The van der Waals surface area contributed by atoms with Gasteiger partial charge in [0.25, 0.3) is 0 Å². The zero-order valence-electron chi connectivity index (χ0n) is 20.5. The highest BCUT2D eigenvalue weighted by molar-refractivity contribution is 7.93. The van der Waals surface area contributed by atoms with Crippen molar-refractivity contribution in [1.82, 2.24) is 9.97 Å². The van der Waals surface area contributed by atoms with Gasteiger partial charge in [-0.15, -0.1) is 0 Å². The number of para-hydroxylation sites is 1. The first-order valence-corrected chi connectivity index (χ1v) is 13.4. The van der Waals surface area contributed by atoms with Gasteiger partial charge < -0.3 is 9.72 Å². The van der Waals surface area contributed by atoms with Crippen LogP contribution in [-0.4, -0.2) is 42.6 Å². The second-order valence-corrected chi connectivity index (χ2v) is 11.1. The topological polar surface area (TPSA) is 84.1 Å². The van der Waals surface area contributed by atoms with Crippen molar-refractivity contribution in [3.8, 4) is 16.9 Å². The van der Waals surface area contributed by atoms with Gasteiger partial charge in [-0.25, -0.2) is 4.98 Å². The summed E-state index contributed by atoms with van der Waals surface area (Å²) in [6, 6.07) is 16.3. The van der Waals surface area contributed by atoms with Gasteiger partial charge in [0.05, 0.1) is 16.7 Å². The third kappa shape index (κ3) is 5.80. The first kappa shape index (κ1) is 28.6. The molecule has 2 N–H and O–H groups in total. The lowest BCUT2D eigenvalue weighted by Gasteiger charge is -2.19. The summed E-state index contributed by atoms with van der Waals surface area (Å²) in [4.78, 5) is 7.77. The summed E-state index contributed by atoms with van der Waals surface area (Å²) >= 11 is 0. The van der Waals surface area contributed by atoms with E-state index < -0.39 is 34.2 Å². The molecular weight excluding hydrogens is 586 g/mol. The largest absolute Gasteiger partial charge is 0.516 e. The van der Waals surface area contributed by atoms with Crippen LogP contribution < -0.4 is 9.46 Å². The van der Waals surface area contributed by atoms with Gasteiger partial charge in [0.2, 0.25) is 0 Å². The molecule has 1 aliphatic rings. The van der Waals surface area contributed by atoms with Crippen LogP contribution in [0.3, 0.4) is 0 Å². The SMILES string of the molecule is O=S(=O)(Nc1ccccc1-c1ccc2[nH]c(C3CC3c3ccc(OCC(F)(F)C(F)(F)F)cc3)nc2c1)C(F)(F)F. The van der Waals surface area contributed by atoms with E-state index in [1.807, 2.05) is 0 Å². The number of nitrogens with one attached hydrogen (secondary N) is 2. The normalized spacial score (nSPS) is 18.0. The van der Waals surface area contributed by atoms with Crippen LogP contribution in [0.4, 0.5) is 40.8 Å². The Morgan fingerprint density at radius 3 is 2.24 bits per heavy atom. The van der Waals surface area contributed by atoms with Crippen molar-refractivity contribution in [2.75, 3.05) is 11.3 Å². The van der Waals surface area contributed by atoms with E-state index in [1.54, 1.807) is 41.1 Å². The molecule has 0 amide bonds. The van der Waals surface area contributed by atoms with Gasteiger partial charge >= 0.3 is 27.6 Å². The summed E-state index contributed by atoms with van der Waals surface area (Å²) in [7, 11) is -5.63. The molecule has 0 spiro atoms. The zero-order valence-corrected chi connectivity index (χ0v) is 21.3. The van der Waals surface area contributed by atoms with E-state index in [-0.39, 0.29) is 28.8 Å². The highest BCUT2D eigenvalue weighted by atomic mass is 32.2. The lowest BCUT2D eigenvalue weighted by atomic mass is 10.0. The average Bonchev–Trinajstić information content (AvgIpc) is 3.57. The molecule has 2 unspecified atom stereocenters. The molecule has 1 saturated carbocycles. The summed E-state index contributed by atoms with van der Waals surface area (Å²) in [6.07, 6.45) is -5.03. The Balaban J connectivity index is 1.30. The smallest absolute Gasteiger partial charge is 0.487 e. The average molecular weight is 606 g/mol. The second kappa shape index (κ2) is 9.89. The molecule has 4 aromatic rings. The minimum absolute atomic E-state index is 0.00167. The highest BCUT2D eigenvalue weighted by Gasteiger charge is 2.58. The molecule has 0 aliphatic heterocycles. The van der Waals surface area contributed by atoms with Crippen molar-refractivity contribution >= 4 is 26.7 Å². The van der Waals surface area contributed by atoms with Crippen LogP contribution in [0.25, 0.3) is 22.2 Å². The highest BCUT2D eigenvalue weighted by Crippen LogP contribution is 2.54. The van der Waals surface area contributed by atoms with E-state index >= 15 is 0 Å². The number of sulfonamides is 1. The predicted molar refractivity (Wildman–Crippen MR) is 133 cm³/mol. The fourth-order valence-corrected chi connectivity index (χ4v) is 4.91. The van der Waals surface area contributed by atoms with E-state index in [0.717, 1.165) is 5.56 Å². The van der Waals surface area contributed by atoms with Crippen molar-refractivity contribution in [3.63, 3.8) is 0 Å². The molecule has 0 saturated heterocycles. The Hall–Kier alpha value is -3.88. The number of hydrogen-bond acceptors (Lipinski definition) is 4. The first-order chi connectivity index (χ1) is 19.1. The van der Waals surface area contributed by atoms with Crippen molar-refractivity contribution < 1.29 is 48.3 Å². The number of benzene rings is 3. The standard InChI is InChI=1S/C26H19F8N3O3S/c27-24(28,25(29,30)31)13-40-16-8-5-14(6-9-16)18-12-19(18)23-35-21-10-7-15(11-22(21)36-23)17-3-1-2-4-20(17)37-41(38,39)26(32,33)34/h1-11,18-19,37H,12-13H2,(H,35,36). The molecule has 6 nitrogen and oxygen atoms in total. The van der Waals surface area contributed by atoms with Gasteiger partial charge in [-0.3, -0.25) is 4.72 Å². The summed E-state index contributed by atoms with van der Waals surface area (Å²) in [5, 5.41) is 0. The van der Waals surface area contributed by atoms with Crippen LogP contribution >= 0.6 is 0 Å². The Morgan fingerprint density at radius 1 is 0.902 bits per heavy atom. The molecule has 1 heterocycles. The first-order valence-electron chi connectivity index (χ1n) is 11.9. The number of halogens is 8. The van der Waals surface area contributed by atoms with E-state index in [1.165, 1.54) is 30.3 Å². The van der Waals surface area contributed by atoms with Crippen molar-refractivity contribution in [2.45, 2.75) is 35.9 Å². The summed E-state index contributed by atoms with van der Waals surface area (Å²) in [5.41, 5.74) is -3.17. The molecule has 3 aromatic carbocycles. The Morgan fingerprint density at radius 2 is 1.59 bits per heavy atom. The molecule has 1 fully saturated rings. The number of nitrogens with zero attached hydrogens (tertiary/aromatic N) is 1. The summed E-state index contributed by atoms with van der Waals surface area (Å²) in [6.45, 7) is -1.83. The maximum absolute atomic E-state index is 13.1. The number of aromatic nitrogens is 2. The van der Waals surface area contributed by atoms with Crippen LogP contribution in [-0.2, 0) is 10.0 Å². The minimum Gasteiger partial charge on any atom is -0.487 e. The number of imidazole rings is 1.